The van der Waals surface area contributed by atoms with Gasteiger partial charge in [0.05, 0.1) is 12.7 Å². The van der Waals surface area contributed by atoms with E-state index in [4.69, 9.17) is 17.0 Å². The van der Waals surface area contributed by atoms with Crippen molar-refractivity contribution >= 4 is 40.7 Å². The van der Waals surface area contributed by atoms with Crippen LogP contribution in [0, 0.1) is 6.92 Å². The Bertz CT molecular complexity index is 702. The van der Waals surface area contributed by atoms with Gasteiger partial charge in [-0.25, -0.2) is 4.79 Å². The van der Waals surface area contributed by atoms with Gasteiger partial charge >= 0.3 is 5.97 Å². The number of hydrogen-bond acceptors (Lipinski definition) is 4. The Morgan fingerprint density at radius 3 is 2.67 bits per heavy atom. The lowest BCUT2D eigenvalue weighted by Gasteiger charge is -2.11. The fourth-order valence-corrected chi connectivity index (χ4v) is 2.97. The second kappa shape index (κ2) is 9.30. The largest absolute Gasteiger partial charge is 0.465 e. The van der Waals surface area contributed by atoms with E-state index in [0.717, 1.165) is 18.0 Å². The lowest BCUT2D eigenvalue weighted by molar-refractivity contribution is 0.0601. The van der Waals surface area contributed by atoms with Crippen molar-refractivity contribution in [2.45, 2.75) is 11.8 Å². The normalized spacial score (nSPS) is 10.1. The number of benzene rings is 2. The molecule has 126 valence electrons. The highest BCUT2D eigenvalue weighted by molar-refractivity contribution is 7.99. The van der Waals surface area contributed by atoms with Crippen LogP contribution in [0.3, 0.4) is 0 Å². The molecule has 6 heteroatoms. The summed E-state index contributed by atoms with van der Waals surface area (Å²) in [5, 5.41) is 6.76. The van der Waals surface area contributed by atoms with Crippen LogP contribution in [0.25, 0.3) is 0 Å². The van der Waals surface area contributed by atoms with Crippen molar-refractivity contribution < 1.29 is 9.53 Å². The van der Waals surface area contributed by atoms with Crippen molar-refractivity contribution in [1.82, 2.24) is 5.32 Å². The average Bonchev–Trinajstić information content (AvgIpc) is 2.60. The lowest BCUT2D eigenvalue weighted by atomic mass is 10.2. The Morgan fingerprint density at radius 1 is 1.21 bits per heavy atom. The molecule has 2 aromatic carbocycles. The van der Waals surface area contributed by atoms with Crippen molar-refractivity contribution in [2.24, 2.45) is 0 Å². The van der Waals surface area contributed by atoms with Gasteiger partial charge in [0.1, 0.15) is 0 Å². The number of thiocarbonyl (C=S) groups is 1. The van der Waals surface area contributed by atoms with Crippen molar-refractivity contribution in [3.63, 3.8) is 0 Å². The fraction of sp³-hybridized carbons (Fsp3) is 0.222. The first-order chi connectivity index (χ1) is 11.6. The predicted octanol–water partition coefficient (Wildman–Crippen LogP) is 3.86. The van der Waals surface area contributed by atoms with E-state index in [0.29, 0.717) is 10.7 Å². The van der Waals surface area contributed by atoms with E-state index in [-0.39, 0.29) is 5.97 Å². The van der Waals surface area contributed by atoms with E-state index in [1.807, 2.05) is 6.07 Å². The number of methoxy groups -OCH3 is 1. The summed E-state index contributed by atoms with van der Waals surface area (Å²) in [5.41, 5.74) is 2.50. The summed E-state index contributed by atoms with van der Waals surface area (Å²) in [6.07, 6.45) is 0. The molecule has 0 heterocycles. The predicted molar refractivity (Wildman–Crippen MR) is 104 cm³/mol. The van der Waals surface area contributed by atoms with Crippen molar-refractivity contribution in [1.29, 1.82) is 0 Å². The van der Waals surface area contributed by atoms with Crippen LogP contribution in [0.2, 0.25) is 0 Å². The molecule has 0 aliphatic heterocycles. The smallest absolute Gasteiger partial charge is 0.337 e. The van der Waals surface area contributed by atoms with Gasteiger partial charge in [-0.05, 0) is 49.5 Å². The van der Waals surface area contributed by atoms with Crippen LogP contribution in [0.1, 0.15) is 15.9 Å². The van der Waals surface area contributed by atoms with Crippen LogP contribution in [0.15, 0.2) is 53.4 Å². The first-order valence-electron chi connectivity index (χ1n) is 7.51. The molecule has 0 radical (unpaired) electrons. The third-order valence-corrected chi connectivity index (χ3v) is 4.48. The van der Waals surface area contributed by atoms with E-state index in [2.05, 4.69) is 41.8 Å². The molecule has 0 fully saturated rings. The van der Waals surface area contributed by atoms with Gasteiger partial charge in [-0.1, -0.05) is 23.8 Å². The number of aryl methyl sites for hydroxylation is 1. The number of carbonyl (C=O) groups excluding carboxylic acids is 1. The number of nitrogens with one attached hydrogen (secondary N) is 2. The second-order valence-corrected chi connectivity index (χ2v) is 6.69. The third kappa shape index (κ3) is 5.86. The number of esters is 1. The van der Waals surface area contributed by atoms with E-state index < -0.39 is 0 Å². The Morgan fingerprint density at radius 2 is 1.96 bits per heavy atom. The van der Waals surface area contributed by atoms with Crippen LogP contribution in [0.4, 0.5) is 5.69 Å². The number of rotatable bonds is 6. The molecular formula is C18H20N2O2S2. The fourth-order valence-electron chi connectivity index (χ4n) is 1.99. The molecule has 24 heavy (non-hydrogen) atoms. The standard InChI is InChI=1S/C18H20N2O2S2/c1-13-6-8-16(9-7-13)24-11-10-19-18(23)20-15-5-3-4-14(12-15)17(21)22-2/h3-9,12H,10-11H2,1-2H3,(H2,19,20,23). The highest BCUT2D eigenvalue weighted by Gasteiger charge is 2.06. The Hall–Kier alpha value is -2.05. The number of thioether (sulfide) groups is 1. The second-order valence-electron chi connectivity index (χ2n) is 5.11. The first-order valence-corrected chi connectivity index (χ1v) is 8.90. The van der Waals surface area contributed by atoms with E-state index >= 15 is 0 Å². The van der Waals surface area contributed by atoms with Crippen LogP contribution < -0.4 is 10.6 Å². The van der Waals surface area contributed by atoms with Gasteiger partial charge < -0.3 is 15.4 Å². The highest BCUT2D eigenvalue weighted by atomic mass is 32.2. The lowest BCUT2D eigenvalue weighted by Crippen LogP contribution is -2.30. The molecule has 0 aromatic heterocycles. The van der Waals surface area contributed by atoms with E-state index in [1.165, 1.54) is 17.6 Å². The SMILES string of the molecule is COC(=O)c1cccc(NC(=S)NCCSc2ccc(C)cc2)c1. The maximum absolute atomic E-state index is 11.5. The average molecular weight is 361 g/mol. The molecule has 0 unspecified atom stereocenters. The van der Waals surface area contributed by atoms with Crippen LogP contribution in [-0.4, -0.2) is 30.5 Å². The summed E-state index contributed by atoms with van der Waals surface area (Å²) < 4.78 is 4.71. The quantitative estimate of drug-likeness (QED) is 0.353. The minimum Gasteiger partial charge on any atom is -0.465 e. The minimum absolute atomic E-state index is 0.368. The van der Waals surface area contributed by atoms with E-state index in [9.17, 15) is 4.79 Å². The Balaban J connectivity index is 1.75. The van der Waals surface area contributed by atoms with Gasteiger partial charge in [-0.2, -0.15) is 0 Å². The summed E-state index contributed by atoms with van der Waals surface area (Å²) >= 11 is 7.05. The third-order valence-electron chi connectivity index (χ3n) is 3.22. The monoisotopic (exact) mass is 360 g/mol. The van der Waals surface area contributed by atoms with Gasteiger partial charge in [-0.3, -0.25) is 0 Å². The molecule has 0 atom stereocenters. The zero-order valence-corrected chi connectivity index (χ0v) is 15.3. The summed E-state index contributed by atoms with van der Waals surface area (Å²) in [5.74, 6) is 0.541. The molecule has 0 saturated carbocycles. The molecule has 2 aromatic rings. The van der Waals surface area contributed by atoms with Crippen LogP contribution in [0.5, 0.6) is 0 Å². The number of hydrogen-bond donors (Lipinski definition) is 2. The highest BCUT2D eigenvalue weighted by Crippen LogP contribution is 2.17. The maximum atomic E-state index is 11.5. The van der Waals surface area contributed by atoms with Crippen LogP contribution >= 0.6 is 24.0 Å². The molecule has 0 amide bonds. The van der Waals surface area contributed by atoms with Gasteiger partial charge in [0.25, 0.3) is 0 Å². The van der Waals surface area contributed by atoms with Gasteiger partial charge in [0, 0.05) is 22.9 Å². The van der Waals surface area contributed by atoms with Crippen molar-refractivity contribution in [2.75, 3.05) is 24.7 Å². The van der Waals surface area contributed by atoms with Gasteiger partial charge in [-0.15, -0.1) is 11.8 Å². The summed E-state index contributed by atoms with van der Waals surface area (Å²) in [4.78, 5) is 12.8. The molecule has 0 aliphatic rings. The Kier molecular flexibility index (Phi) is 7.08. The maximum Gasteiger partial charge on any atom is 0.337 e. The molecule has 0 aliphatic carbocycles. The number of ether oxygens (including phenoxy) is 1. The van der Waals surface area contributed by atoms with Crippen molar-refractivity contribution in [3.05, 3.63) is 59.7 Å². The summed E-state index contributed by atoms with van der Waals surface area (Å²) in [6, 6.07) is 15.5. The zero-order chi connectivity index (χ0) is 17.4. The molecule has 0 spiro atoms. The first kappa shape index (κ1) is 18.3. The zero-order valence-electron chi connectivity index (χ0n) is 13.7. The van der Waals surface area contributed by atoms with E-state index in [1.54, 1.807) is 30.0 Å². The molecule has 2 N–H and O–H groups in total. The van der Waals surface area contributed by atoms with Crippen LogP contribution in [-0.2, 0) is 4.74 Å². The topological polar surface area (TPSA) is 50.4 Å². The number of anilines is 1. The molecular weight excluding hydrogens is 340 g/mol. The number of carbonyl (C=O) groups is 1. The molecule has 0 bridgehead atoms. The molecule has 0 saturated heterocycles. The minimum atomic E-state index is -0.368. The molecule has 2 rings (SSSR count). The summed E-state index contributed by atoms with van der Waals surface area (Å²) in [6.45, 7) is 2.83. The Labute approximate surface area is 152 Å². The van der Waals surface area contributed by atoms with Crippen molar-refractivity contribution in [3.8, 4) is 0 Å². The van der Waals surface area contributed by atoms with Gasteiger partial charge in [0.2, 0.25) is 0 Å². The molecule has 4 nitrogen and oxygen atoms in total. The van der Waals surface area contributed by atoms with Gasteiger partial charge in [0.15, 0.2) is 5.11 Å². The summed E-state index contributed by atoms with van der Waals surface area (Å²) in [7, 11) is 1.36.